The molecule has 0 atom stereocenters. The summed E-state index contributed by atoms with van der Waals surface area (Å²) in [4.78, 5) is 29.2. The normalized spacial score (nSPS) is 10.7. The number of fused-ring (bicyclic) bond motifs is 1. The molecule has 0 fully saturated rings. The van der Waals surface area contributed by atoms with E-state index in [0.29, 0.717) is 10.7 Å². The molecule has 0 unspecified atom stereocenters. The molecule has 4 rings (SSSR count). The summed E-state index contributed by atoms with van der Waals surface area (Å²) in [5.74, 6) is 0.0427. The van der Waals surface area contributed by atoms with Crippen LogP contribution in [-0.2, 0) is 4.79 Å². The van der Waals surface area contributed by atoms with Gasteiger partial charge < -0.3 is 4.74 Å². The first-order valence-electron chi connectivity index (χ1n) is 9.29. The van der Waals surface area contributed by atoms with Crippen molar-refractivity contribution in [3.63, 3.8) is 0 Å². The predicted molar refractivity (Wildman–Crippen MR) is 117 cm³/mol. The van der Waals surface area contributed by atoms with Crippen LogP contribution in [0.15, 0.2) is 84.0 Å². The summed E-state index contributed by atoms with van der Waals surface area (Å²) in [6.45, 7) is 0. The Morgan fingerprint density at radius 1 is 0.967 bits per heavy atom. The van der Waals surface area contributed by atoms with Crippen LogP contribution in [0.1, 0.15) is 10.4 Å². The number of imidazole rings is 1. The zero-order valence-corrected chi connectivity index (χ0v) is 17.1. The maximum absolute atomic E-state index is 12.3. The summed E-state index contributed by atoms with van der Waals surface area (Å²) in [6, 6.07) is 24.1. The number of nitrogens with zero attached hydrogens (tertiary/aromatic N) is 2. The minimum atomic E-state index is -0.412. The zero-order valence-electron chi connectivity index (χ0n) is 16.2. The summed E-state index contributed by atoms with van der Waals surface area (Å²) in [5, 5.41) is 3.09. The molecular weight excluding hydrogens is 398 g/mol. The number of carbonyl (C=O) groups excluding carboxylic acids is 2. The van der Waals surface area contributed by atoms with Gasteiger partial charge in [0.1, 0.15) is 5.75 Å². The topological polar surface area (TPSA) is 73.2 Å². The zero-order chi connectivity index (χ0) is 20.9. The second kappa shape index (κ2) is 8.84. The van der Waals surface area contributed by atoms with Crippen molar-refractivity contribution in [1.82, 2.24) is 14.9 Å². The van der Waals surface area contributed by atoms with E-state index in [1.165, 1.54) is 11.8 Å². The third-order valence-electron chi connectivity index (χ3n) is 4.48. The van der Waals surface area contributed by atoms with Crippen LogP contribution in [0.3, 0.4) is 0 Å². The number of methoxy groups -OCH3 is 1. The van der Waals surface area contributed by atoms with E-state index in [2.05, 4.69) is 10.3 Å². The number of aromatic nitrogens is 2. The highest BCUT2D eigenvalue weighted by Gasteiger charge is 2.16. The molecule has 2 amide bonds. The Hall–Kier alpha value is -3.58. The van der Waals surface area contributed by atoms with Crippen molar-refractivity contribution in [1.29, 1.82) is 0 Å². The molecule has 0 saturated carbocycles. The first-order chi connectivity index (χ1) is 14.7. The molecule has 0 radical (unpaired) electrons. The van der Waals surface area contributed by atoms with Crippen molar-refractivity contribution >= 4 is 34.6 Å². The van der Waals surface area contributed by atoms with Crippen molar-refractivity contribution in [2.24, 2.45) is 0 Å². The Kier molecular flexibility index (Phi) is 5.81. The molecule has 0 aliphatic heterocycles. The molecule has 1 heterocycles. The van der Waals surface area contributed by atoms with Crippen molar-refractivity contribution in [2.45, 2.75) is 5.16 Å². The van der Waals surface area contributed by atoms with E-state index in [1.807, 2.05) is 59.2 Å². The predicted octanol–water partition coefficient (Wildman–Crippen LogP) is 4.08. The monoisotopic (exact) mass is 417 g/mol. The number of para-hydroxylation sites is 2. The van der Waals surface area contributed by atoms with E-state index >= 15 is 0 Å². The van der Waals surface area contributed by atoms with Crippen LogP contribution < -0.4 is 10.1 Å². The minimum absolute atomic E-state index is 0.0675. The maximum atomic E-state index is 12.3. The van der Waals surface area contributed by atoms with E-state index in [-0.39, 0.29) is 11.7 Å². The van der Waals surface area contributed by atoms with Crippen LogP contribution in [0.5, 0.6) is 5.75 Å². The highest BCUT2D eigenvalue weighted by Crippen LogP contribution is 2.28. The Labute approximate surface area is 177 Å². The molecule has 1 N–H and O–H groups in total. The number of hydrogen-bond donors (Lipinski definition) is 1. The Morgan fingerprint density at radius 2 is 1.67 bits per heavy atom. The third-order valence-corrected chi connectivity index (χ3v) is 5.42. The molecule has 0 aliphatic carbocycles. The number of nitrogens with one attached hydrogen (secondary N) is 1. The second-order valence-corrected chi connectivity index (χ2v) is 7.39. The average Bonchev–Trinajstić information content (AvgIpc) is 3.16. The maximum Gasteiger partial charge on any atom is 0.257 e. The fraction of sp³-hybridized carbons (Fsp3) is 0.0870. The number of rotatable bonds is 6. The van der Waals surface area contributed by atoms with Crippen molar-refractivity contribution < 1.29 is 14.3 Å². The quantitative estimate of drug-likeness (QED) is 0.479. The number of amides is 2. The molecule has 0 aliphatic rings. The van der Waals surface area contributed by atoms with Crippen LogP contribution in [-0.4, -0.2) is 34.2 Å². The van der Waals surface area contributed by atoms with Gasteiger partial charge in [-0.25, -0.2) is 4.98 Å². The SMILES string of the molecule is COc1ccc(-n2c(SCC(=O)NC(=O)c3ccccc3)nc3ccccc32)cc1. The van der Waals surface area contributed by atoms with Crippen LogP contribution in [0.2, 0.25) is 0 Å². The smallest absolute Gasteiger partial charge is 0.257 e. The highest BCUT2D eigenvalue weighted by molar-refractivity contribution is 7.99. The average molecular weight is 417 g/mol. The van der Waals surface area contributed by atoms with E-state index < -0.39 is 5.91 Å². The largest absolute Gasteiger partial charge is 0.497 e. The van der Waals surface area contributed by atoms with Gasteiger partial charge in [0, 0.05) is 11.3 Å². The van der Waals surface area contributed by atoms with E-state index in [9.17, 15) is 9.59 Å². The fourth-order valence-electron chi connectivity index (χ4n) is 3.04. The number of thioether (sulfide) groups is 1. The summed E-state index contributed by atoms with van der Waals surface area (Å²) in [7, 11) is 1.62. The molecule has 150 valence electrons. The van der Waals surface area contributed by atoms with Crippen molar-refractivity contribution in [3.8, 4) is 11.4 Å². The van der Waals surface area contributed by atoms with Crippen LogP contribution >= 0.6 is 11.8 Å². The van der Waals surface area contributed by atoms with Crippen LogP contribution in [0, 0.1) is 0 Å². The molecule has 6 nitrogen and oxygen atoms in total. The lowest BCUT2D eigenvalue weighted by Crippen LogP contribution is -2.31. The standard InChI is InChI=1S/C23H19N3O3S/c1-29-18-13-11-17(12-14-18)26-20-10-6-5-9-19(20)24-23(26)30-15-21(27)25-22(28)16-7-3-2-4-8-16/h2-14H,15H2,1H3,(H,25,27,28). The number of imide groups is 1. The molecule has 0 spiro atoms. The molecule has 0 bridgehead atoms. The van der Waals surface area contributed by atoms with Gasteiger partial charge in [-0.15, -0.1) is 0 Å². The molecule has 7 heteroatoms. The molecule has 0 saturated heterocycles. The Balaban J connectivity index is 1.55. The molecular formula is C23H19N3O3S. The van der Waals surface area contributed by atoms with Gasteiger partial charge in [-0.3, -0.25) is 19.5 Å². The van der Waals surface area contributed by atoms with Gasteiger partial charge in [0.2, 0.25) is 5.91 Å². The van der Waals surface area contributed by atoms with E-state index in [0.717, 1.165) is 22.5 Å². The summed E-state index contributed by atoms with van der Waals surface area (Å²) in [6.07, 6.45) is 0. The Morgan fingerprint density at radius 3 is 2.40 bits per heavy atom. The van der Waals surface area contributed by atoms with Crippen molar-refractivity contribution in [2.75, 3.05) is 12.9 Å². The first-order valence-corrected chi connectivity index (χ1v) is 10.3. The lowest BCUT2D eigenvalue weighted by molar-refractivity contribution is -0.117. The summed E-state index contributed by atoms with van der Waals surface area (Å²) >= 11 is 1.28. The number of benzene rings is 3. The summed E-state index contributed by atoms with van der Waals surface area (Å²) < 4.78 is 7.23. The van der Waals surface area contributed by atoms with Gasteiger partial charge in [-0.2, -0.15) is 0 Å². The summed E-state index contributed by atoms with van der Waals surface area (Å²) in [5.41, 5.74) is 3.12. The fourth-order valence-corrected chi connectivity index (χ4v) is 3.86. The lowest BCUT2D eigenvalue weighted by Gasteiger charge is -2.10. The van der Waals surface area contributed by atoms with Crippen LogP contribution in [0.4, 0.5) is 0 Å². The van der Waals surface area contributed by atoms with Gasteiger partial charge in [-0.1, -0.05) is 42.1 Å². The molecule has 1 aromatic heterocycles. The Bertz CT molecular complexity index is 1190. The van der Waals surface area contributed by atoms with Crippen molar-refractivity contribution in [3.05, 3.63) is 84.4 Å². The van der Waals surface area contributed by atoms with E-state index in [4.69, 9.17) is 4.74 Å². The van der Waals surface area contributed by atoms with Gasteiger partial charge in [0.25, 0.3) is 5.91 Å². The minimum Gasteiger partial charge on any atom is -0.497 e. The third kappa shape index (κ3) is 4.21. The van der Waals surface area contributed by atoms with Gasteiger partial charge in [-0.05, 0) is 48.5 Å². The first kappa shape index (κ1) is 19.7. The number of carbonyl (C=O) groups is 2. The highest BCUT2D eigenvalue weighted by atomic mass is 32.2. The lowest BCUT2D eigenvalue weighted by atomic mass is 10.2. The second-order valence-electron chi connectivity index (χ2n) is 6.45. The van der Waals surface area contributed by atoms with E-state index in [1.54, 1.807) is 31.4 Å². The van der Waals surface area contributed by atoms with Gasteiger partial charge >= 0.3 is 0 Å². The molecule has 3 aromatic carbocycles. The van der Waals surface area contributed by atoms with Gasteiger partial charge in [0.05, 0.1) is 23.9 Å². The molecule has 4 aromatic rings. The number of hydrogen-bond acceptors (Lipinski definition) is 5. The van der Waals surface area contributed by atoms with Gasteiger partial charge in [0.15, 0.2) is 5.16 Å². The number of ether oxygens (including phenoxy) is 1. The molecule has 30 heavy (non-hydrogen) atoms. The van der Waals surface area contributed by atoms with Crippen LogP contribution in [0.25, 0.3) is 16.7 Å².